The Kier molecular flexibility index (Phi) is 4.58. The summed E-state index contributed by atoms with van der Waals surface area (Å²) in [5, 5.41) is 10.1. The fourth-order valence-corrected chi connectivity index (χ4v) is 4.50. The lowest BCUT2D eigenvalue weighted by atomic mass is 9.65. The smallest absolute Gasteiger partial charge is 0.165 e. The van der Waals surface area contributed by atoms with Crippen molar-refractivity contribution in [3.63, 3.8) is 0 Å². The van der Waals surface area contributed by atoms with Crippen molar-refractivity contribution in [2.45, 2.75) is 49.9 Å². The highest BCUT2D eigenvalue weighted by atomic mass is 16.5. The number of rotatable bonds is 1. The van der Waals surface area contributed by atoms with E-state index in [1.165, 1.54) is 16.0 Å². The van der Waals surface area contributed by atoms with Gasteiger partial charge in [-0.15, -0.1) is 0 Å². The van der Waals surface area contributed by atoms with Crippen LogP contribution in [0.2, 0.25) is 0 Å². The molecule has 0 bridgehead atoms. The van der Waals surface area contributed by atoms with E-state index in [2.05, 4.69) is 18.0 Å². The SMILES string of the molecule is COc1ccc2c3c1O[C@H]1C[C@@H](O)CC[C@@]31CCN(C)C2.[N-]=[N+]=[N-]. The van der Waals surface area contributed by atoms with Crippen molar-refractivity contribution in [3.8, 4) is 11.5 Å². The Morgan fingerprint density at radius 2 is 2.12 bits per heavy atom. The van der Waals surface area contributed by atoms with Gasteiger partial charge in [-0.2, -0.15) is 0 Å². The molecule has 0 saturated heterocycles. The van der Waals surface area contributed by atoms with E-state index in [-0.39, 0.29) is 17.6 Å². The number of nitrogens with zero attached hydrogens (tertiary/aromatic N) is 4. The van der Waals surface area contributed by atoms with Crippen molar-refractivity contribution in [1.82, 2.24) is 4.90 Å². The lowest BCUT2D eigenvalue weighted by Gasteiger charge is -2.40. The number of hydrogen-bond donors (Lipinski definition) is 1. The Morgan fingerprint density at radius 3 is 2.83 bits per heavy atom. The maximum Gasteiger partial charge on any atom is 0.165 e. The van der Waals surface area contributed by atoms with E-state index in [9.17, 15) is 5.11 Å². The van der Waals surface area contributed by atoms with Crippen LogP contribution in [0.5, 0.6) is 11.5 Å². The second-order valence-corrected chi connectivity index (χ2v) is 6.90. The molecule has 7 nitrogen and oxygen atoms in total. The monoisotopic (exact) mass is 331 g/mol. The van der Waals surface area contributed by atoms with Gasteiger partial charge in [0.15, 0.2) is 11.5 Å². The molecule has 2 aliphatic heterocycles. The molecule has 7 heteroatoms. The van der Waals surface area contributed by atoms with Crippen molar-refractivity contribution in [1.29, 1.82) is 0 Å². The Balaban J connectivity index is 0.000000526. The van der Waals surface area contributed by atoms with E-state index < -0.39 is 0 Å². The Labute approximate surface area is 141 Å². The number of aliphatic hydroxyl groups excluding tert-OH is 1. The molecule has 130 valence electrons. The molecule has 1 N–H and O–H groups in total. The molecule has 24 heavy (non-hydrogen) atoms. The normalized spacial score (nSPS) is 30.6. The van der Waals surface area contributed by atoms with Crippen LogP contribution in [0.25, 0.3) is 16.0 Å². The fraction of sp³-hybridized carbons (Fsp3) is 0.647. The molecule has 0 amide bonds. The average molecular weight is 331 g/mol. The summed E-state index contributed by atoms with van der Waals surface area (Å²) >= 11 is 0. The van der Waals surface area contributed by atoms with E-state index >= 15 is 0 Å². The molecule has 1 fully saturated rings. The fourth-order valence-electron chi connectivity index (χ4n) is 4.50. The molecular weight excluding hydrogens is 308 g/mol. The molecule has 3 atom stereocenters. The first kappa shape index (κ1) is 16.9. The Hall–Kier alpha value is -1.95. The second-order valence-electron chi connectivity index (χ2n) is 6.90. The largest absolute Gasteiger partial charge is 0.493 e. The summed E-state index contributed by atoms with van der Waals surface area (Å²) in [6.07, 6.45) is 3.59. The predicted octanol–water partition coefficient (Wildman–Crippen LogP) is 2.94. The minimum absolute atomic E-state index is 0.0726. The van der Waals surface area contributed by atoms with Gasteiger partial charge in [0.05, 0.1) is 13.2 Å². The molecule has 0 aromatic heterocycles. The van der Waals surface area contributed by atoms with Crippen molar-refractivity contribution < 1.29 is 14.6 Å². The van der Waals surface area contributed by atoms with E-state index in [0.29, 0.717) is 0 Å². The number of hydrogen-bond acceptors (Lipinski definition) is 4. The van der Waals surface area contributed by atoms with E-state index in [4.69, 9.17) is 20.5 Å². The Morgan fingerprint density at radius 1 is 1.38 bits per heavy atom. The van der Waals surface area contributed by atoms with Crippen molar-refractivity contribution in [2.24, 2.45) is 0 Å². The number of aliphatic hydroxyl groups is 1. The minimum atomic E-state index is -0.231. The highest BCUT2D eigenvalue weighted by Crippen LogP contribution is 2.57. The molecule has 4 rings (SSSR count). The summed E-state index contributed by atoms with van der Waals surface area (Å²) in [4.78, 5) is 3.89. The van der Waals surface area contributed by atoms with E-state index in [1.54, 1.807) is 7.11 Å². The van der Waals surface area contributed by atoms with Gasteiger partial charge in [-0.1, -0.05) is 6.07 Å². The molecule has 2 heterocycles. The zero-order valence-electron chi connectivity index (χ0n) is 14.1. The molecule has 1 aromatic rings. The van der Waals surface area contributed by atoms with Crippen molar-refractivity contribution >= 4 is 0 Å². The van der Waals surface area contributed by atoms with Gasteiger partial charge in [0.25, 0.3) is 0 Å². The predicted molar refractivity (Wildman–Crippen MR) is 90.0 cm³/mol. The van der Waals surface area contributed by atoms with Gasteiger partial charge in [-0.05, 0) is 44.5 Å². The lowest BCUT2D eigenvalue weighted by Crippen LogP contribution is -2.45. The third-order valence-corrected chi connectivity index (χ3v) is 5.59. The molecular formula is C17H23N4O3-. The first-order valence-corrected chi connectivity index (χ1v) is 8.27. The van der Waals surface area contributed by atoms with Crippen LogP contribution in [0.15, 0.2) is 12.1 Å². The average Bonchev–Trinajstić information content (AvgIpc) is 2.81. The van der Waals surface area contributed by atoms with Gasteiger partial charge in [0.1, 0.15) is 6.10 Å². The first-order valence-electron chi connectivity index (χ1n) is 8.27. The molecule has 1 spiro atoms. The van der Waals surface area contributed by atoms with Crippen LogP contribution in [-0.4, -0.2) is 42.9 Å². The third-order valence-electron chi connectivity index (χ3n) is 5.59. The number of ether oxygens (including phenoxy) is 2. The van der Waals surface area contributed by atoms with Gasteiger partial charge >= 0.3 is 0 Å². The van der Waals surface area contributed by atoms with Crippen LogP contribution in [0, 0.1) is 0 Å². The maximum absolute atomic E-state index is 10.1. The summed E-state index contributed by atoms with van der Waals surface area (Å²) in [5.41, 5.74) is 16.3. The second kappa shape index (κ2) is 6.51. The summed E-state index contributed by atoms with van der Waals surface area (Å²) < 4.78 is 11.8. The van der Waals surface area contributed by atoms with Gasteiger partial charge in [0, 0.05) is 23.9 Å². The van der Waals surface area contributed by atoms with Crippen LogP contribution >= 0.6 is 0 Å². The van der Waals surface area contributed by atoms with Gasteiger partial charge in [0.2, 0.25) is 0 Å². The zero-order valence-corrected chi connectivity index (χ0v) is 14.1. The van der Waals surface area contributed by atoms with E-state index in [1.807, 2.05) is 6.07 Å². The minimum Gasteiger partial charge on any atom is -0.493 e. The topological polar surface area (TPSA) is 101 Å². The van der Waals surface area contributed by atoms with Crippen LogP contribution < -0.4 is 9.47 Å². The molecule has 1 saturated carbocycles. The molecule has 1 aromatic carbocycles. The van der Waals surface area contributed by atoms with E-state index in [0.717, 1.165) is 50.3 Å². The Bertz CT molecular complexity index is 659. The summed E-state index contributed by atoms with van der Waals surface area (Å²) in [6.45, 7) is 2.04. The molecule has 0 radical (unpaired) electrons. The lowest BCUT2D eigenvalue weighted by molar-refractivity contribution is 0.0120. The summed E-state index contributed by atoms with van der Waals surface area (Å²) in [5.74, 6) is 1.77. The summed E-state index contributed by atoms with van der Waals surface area (Å²) in [6, 6.07) is 4.22. The zero-order chi connectivity index (χ0) is 17.3. The standard InChI is InChI=1S/C17H23NO3.N3/c1-18-8-7-17-6-5-12(19)9-14(17)21-16-13(20-2)4-3-11(10-18)15(16)17;1-3-2/h3-4,12,14,19H,5-10H2,1-2H3;/q;-1/t12-,14-,17-;/m0./s1. The van der Waals surface area contributed by atoms with Crippen molar-refractivity contribution in [3.05, 3.63) is 39.2 Å². The molecule has 1 aliphatic carbocycles. The molecule has 0 unspecified atom stereocenters. The van der Waals surface area contributed by atoms with Crippen LogP contribution in [0.4, 0.5) is 0 Å². The number of benzene rings is 1. The molecule has 3 aliphatic rings. The van der Waals surface area contributed by atoms with Crippen LogP contribution in [0.3, 0.4) is 0 Å². The highest BCUT2D eigenvalue weighted by molar-refractivity contribution is 5.58. The maximum atomic E-state index is 10.1. The summed E-state index contributed by atoms with van der Waals surface area (Å²) in [7, 11) is 3.88. The highest BCUT2D eigenvalue weighted by Gasteiger charge is 2.54. The van der Waals surface area contributed by atoms with Crippen LogP contribution in [0.1, 0.15) is 36.8 Å². The quantitative estimate of drug-likeness (QED) is 0.485. The number of methoxy groups -OCH3 is 1. The van der Waals surface area contributed by atoms with Gasteiger partial charge in [-0.25, -0.2) is 0 Å². The van der Waals surface area contributed by atoms with Crippen LogP contribution in [-0.2, 0) is 12.0 Å². The van der Waals surface area contributed by atoms with Gasteiger partial charge < -0.3 is 30.5 Å². The van der Waals surface area contributed by atoms with Gasteiger partial charge in [-0.3, -0.25) is 4.91 Å². The third kappa shape index (κ3) is 2.59. The van der Waals surface area contributed by atoms with Crippen molar-refractivity contribution in [2.75, 3.05) is 20.7 Å². The first-order chi connectivity index (χ1) is 11.6.